The predicted molar refractivity (Wildman–Crippen MR) is 122 cm³/mol. The molecule has 3 aromatic rings. The van der Waals surface area contributed by atoms with Crippen molar-refractivity contribution in [1.82, 2.24) is 4.98 Å². The van der Waals surface area contributed by atoms with Crippen molar-refractivity contribution in [3.8, 4) is 5.75 Å². The summed E-state index contributed by atoms with van der Waals surface area (Å²) in [5, 5.41) is 0. The molecule has 0 amide bonds. The third-order valence-electron chi connectivity index (χ3n) is 5.45. The van der Waals surface area contributed by atoms with Gasteiger partial charge in [-0.3, -0.25) is 4.98 Å². The Balaban J connectivity index is 2.37. The Morgan fingerprint density at radius 3 is 2.31 bits per heavy atom. The molecule has 0 aliphatic heterocycles. The van der Waals surface area contributed by atoms with E-state index in [1.807, 2.05) is 13.0 Å². The first kappa shape index (κ1) is 23.3. The highest BCUT2D eigenvalue weighted by Crippen LogP contribution is 2.38. The smallest absolute Gasteiger partial charge is 0.339 e. The monoisotopic (exact) mass is 454 g/mol. The summed E-state index contributed by atoms with van der Waals surface area (Å²) in [6.45, 7) is 3.53. The molecule has 1 heterocycles. The van der Waals surface area contributed by atoms with Crippen LogP contribution in [0.15, 0.2) is 58.6 Å². The number of hydrogen-bond acceptors (Lipinski definition) is 7. The average molecular weight is 455 g/mol. The van der Waals surface area contributed by atoms with Gasteiger partial charge < -0.3 is 15.2 Å². The molecular formula is C24H26N2O5S. The van der Waals surface area contributed by atoms with Gasteiger partial charge in [0.15, 0.2) is 0 Å². The highest BCUT2D eigenvalue weighted by atomic mass is 32.2. The van der Waals surface area contributed by atoms with Gasteiger partial charge in [-0.25, -0.2) is 13.2 Å². The largest absolute Gasteiger partial charge is 0.497 e. The first-order valence-electron chi connectivity index (χ1n) is 10.1. The molecule has 2 N–H and O–H groups in total. The fraction of sp³-hybridized carbons (Fsp3) is 0.250. The predicted octanol–water partition coefficient (Wildman–Crippen LogP) is 3.75. The number of anilines is 1. The molecular weight excluding hydrogens is 428 g/mol. The quantitative estimate of drug-likeness (QED) is 0.428. The summed E-state index contributed by atoms with van der Waals surface area (Å²) in [5.74, 6) is -0.208. The van der Waals surface area contributed by atoms with Crippen molar-refractivity contribution in [2.45, 2.75) is 36.5 Å². The van der Waals surface area contributed by atoms with Gasteiger partial charge in [-0.15, -0.1) is 0 Å². The summed E-state index contributed by atoms with van der Waals surface area (Å²) >= 11 is 0. The maximum absolute atomic E-state index is 13.7. The number of nitrogen functional groups attached to an aromatic ring is 1. The molecule has 1 aromatic heterocycles. The Kier molecular flexibility index (Phi) is 6.84. The number of rotatable bonds is 7. The maximum Gasteiger partial charge on any atom is 0.339 e. The molecule has 0 aliphatic carbocycles. The standard InChI is InChI=1S/C24H26N2O5S/c1-5-19-20(13-16-7-6-12-26-14-16)21(24(27)31-4)23(15(2)22(19)25)32(28,29)18-10-8-17(30-3)9-11-18/h6-12,14H,5,13,25H2,1-4H3. The number of carbonyl (C=O) groups excluding carboxylic acids is 1. The summed E-state index contributed by atoms with van der Waals surface area (Å²) in [6.07, 6.45) is 4.13. The lowest BCUT2D eigenvalue weighted by atomic mass is 9.90. The molecule has 0 fully saturated rings. The van der Waals surface area contributed by atoms with E-state index in [0.717, 1.165) is 11.1 Å². The molecule has 32 heavy (non-hydrogen) atoms. The fourth-order valence-electron chi connectivity index (χ4n) is 3.82. The lowest BCUT2D eigenvalue weighted by molar-refractivity contribution is 0.0595. The van der Waals surface area contributed by atoms with Crippen molar-refractivity contribution in [3.05, 3.63) is 76.6 Å². The fourth-order valence-corrected chi connectivity index (χ4v) is 5.54. The van der Waals surface area contributed by atoms with E-state index in [0.29, 0.717) is 29.0 Å². The molecule has 0 atom stereocenters. The number of esters is 1. The van der Waals surface area contributed by atoms with E-state index >= 15 is 0 Å². The highest BCUT2D eigenvalue weighted by Gasteiger charge is 2.33. The lowest BCUT2D eigenvalue weighted by Crippen LogP contribution is -2.20. The number of aromatic nitrogens is 1. The molecule has 2 aromatic carbocycles. The highest BCUT2D eigenvalue weighted by molar-refractivity contribution is 7.91. The van der Waals surface area contributed by atoms with Crippen LogP contribution in [0.2, 0.25) is 0 Å². The van der Waals surface area contributed by atoms with Crippen LogP contribution in [0, 0.1) is 6.92 Å². The van der Waals surface area contributed by atoms with Crippen LogP contribution in [0.25, 0.3) is 0 Å². The van der Waals surface area contributed by atoms with Crippen LogP contribution in [-0.2, 0) is 27.4 Å². The third-order valence-corrected chi connectivity index (χ3v) is 7.39. The summed E-state index contributed by atoms with van der Waals surface area (Å²) in [7, 11) is -1.36. The third kappa shape index (κ3) is 4.18. The zero-order valence-electron chi connectivity index (χ0n) is 18.5. The van der Waals surface area contributed by atoms with Crippen LogP contribution < -0.4 is 10.5 Å². The Bertz CT molecular complexity index is 1240. The van der Waals surface area contributed by atoms with Crippen molar-refractivity contribution in [2.24, 2.45) is 0 Å². The number of nitrogens with zero attached hydrogens (tertiary/aromatic N) is 1. The van der Waals surface area contributed by atoms with Crippen LogP contribution in [0.1, 0.15) is 39.5 Å². The summed E-state index contributed by atoms with van der Waals surface area (Å²) < 4.78 is 37.6. The second-order valence-electron chi connectivity index (χ2n) is 7.26. The molecule has 0 bridgehead atoms. The van der Waals surface area contributed by atoms with E-state index in [2.05, 4.69) is 4.98 Å². The number of hydrogen-bond donors (Lipinski definition) is 1. The molecule has 0 spiro atoms. The number of pyridine rings is 1. The molecule has 7 nitrogen and oxygen atoms in total. The van der Waals surface area contributed by atoms with Gasteiger partial charge in [-0.05, 0) is 65.9 Å². The lowest BCUT2D eigenvalue weighted by Gasteiger charge is -2.22. The van der Waals surface area contributed by atoms with Gasteiger partial charge in [0.05, 0.1) is 29.6 Å². The molecule has 0 radical (unpaired) electrons. The molecule has 0 aliphatic rings. The van der Waals surface area contributed by atoms with Crippen molar-refractivity contribution < 1.29 is 22.7 Å². The van der Waals surface area contributed by atoms with E-state index in [4.69, 9.17) is 15.2 Å². The van der Waals surface area contributed by atoms with E-state index in [1.165, 1.54) is 26.4 Å². The van der Waals surface area contributed by atoms with Gasteiger partial charge in [-0.2, -0.15) is 0 Å². The van der Waals surface area contributed by atoms with Crippen molar-refractivity contribution in [2.75, 3.05) is 20.0 Å². The van der Waals surface area contributed by atoms with E-state index < -0.39 is 15.8 Å². The maximum atomic E-state index is 13.7. The van der Waals surface area contributed by atoms with Crippen LogP contribution in [0.5, 0.6) is 5.75 Å². The SMILES string of the molecule is CCc1c(N)c(C)c(S(=O)(=O)c2ccc(OC)cc2)c(C(=O)OC)c1Cc1cccnc1. The number of carbonyl (C=O) groups is 1. The minimum atomic E-state index is -4.09. The van der Waals surface area contributed by atoms with Gasteiger partial charge in [0, 0.05) is 24.5 Å². The van der Waals surface area contributed by atoms with E-state index in [9.17, 15) is 13.2 Å². The minimum absolute atomic E-state index is 0.00993. The first-order valence-corrected chi connectivity index (χ1v) is 11.5. The second-order valence-corrected chi connectivity index (χ2v) is 9.15. The van der Waals surface area contributed by atoms with Gasteiger partial charge in [0.25, 0.3) is 0 Å². The normalized spacial score (nSPS) is 11.2. The molecule has 0 saturated heterocycles. The van der Waals surface area contributed by atoms with Crippen LogP contribution in [0.4, 0.5) is 5.69 Å². The topological polar surface area (TPSA) is 109 Å². The zero-order chi connectivity index (χ0) is 23.5. The van der Waals surface area contributed by atoms with Gasteiger partial charge in [0.2, 0.25) is 9.84 Å². The molecule has 0 saturated carbocycles. The van der Waals surface area contributed by atoms with Crippen molar-refractivity contribution >= 4 is 21.5 Å². The number of methoxy groups -OCH3 is 2. The second kappa shape index (κ2) is 9.40. The van der Waals surface area contributed by atoms with Crippen LogP contribution in [0.3, 0.4) is 0 Å². The Morgan fingerprint density at radius 2 is 1.78 bits per heavy atom. The number of benzene rings is 2. The van der Waals surface area contributed by atoms with Crippen molar-refractivity contribution in [3.63, 3.8) is 0 Å². The van der Waals surface area contributed by atoms with Gasteiger partial charge in [-0.1, -0.05) is 13.0 Å². The zero-order valence-corrected chi connectivity index (χ0v) is 19.3. The number of sulfone groups is 1. The summed E-state index contributed by atoms with van der Waals surface area (Å²) in [6, 6.07) is 9.64. The van der Waals surface area contributed by atoms with E-state index in [-0.39, 0.29) is 21.8 Å². The van der Waals surface area contributed by atoms with Crippen LogP contribution >= 0.6 is 0 Å². The summed E-state index contributed by atoms with van der Waals surface area (Å²) in [4.78, 5) is 17.0. The van der Waals surface area contributed by atoms with Crippen molar-refractivity contribution in [1.29, 1.82) is 0 Å². The van der Waals surface area contributed by atoms with E-state index in [1.54, 1.807) is 37.5 Å². The minimum Gasteiger partial charge on any atom is -0.497 e. The number of nitrogens with two attached hydrogens (primary N) is 1. The molecule has 0 unspecified atom stereocenters. The molecule has 3 rings (SSSR count). The molecule has 168 valence electrons. The Labute approximate surface area is 188 Å². The first-order chi connectivity index (χ1) is 15.3. The van der Waals surface area contributed by atoms with Gasteiger partial charge >= 0.3 is 5.97 Å². The Hall–Kier alpha value is -3.39. The van der Waals surface area contributed by atoms with Crippen LogP contribution in [-0.4, -0.2) is 33.6 Å². The average Bonchev–Trinajstić information content (AvgIpc) is 2.81. The van der Waals surface area contributed by atoms with Gasteiger partial charge in [0.1, 0.15) is 5.75 Å². The summed E-state index contributed by atoms with van der Waals surface area (Å²) in [5.41, 5.74) is 9.19. The molecule has 8 heteroatoms. The Morgan fingerprint density at radius 1 is 1.09 bits per heavy atom. The number of ether oxygens (including phenoxy) is 2.